The minimum atomic E-state index is -4.71. The molecule has 2 saturated heterocycles. The number of aliphatic hydroxyl groups excluding tert-OH is 1. The Kier molecular flexibility index (Phi) is 7.70. The fourth-order valence-electron chi connectivity index (χ4n) is 5.69. The Labute approximate surface area is 263 Å². The molecule has 0 spiro atoms. The number of nitrogens with zero attached hydrogens (tertiary/aromatic N) is 7. The highest BCUT2D eigenvalue weighted by molar-refractivity contribution is 7.13. The molecule has 2 aliphatic heterocycles. The minimum absolute atomic E-state index is 0.0509. The summed E-state index contributed by atoms with van der Waals surface area (Å²) in [7, 11) is 0. The molecule has 0 saturated carbocycles. The molecule has 0 amide bonds. The maximum Gasteiger partial charge on any atom is 0.418 e. The maximum atomic E-state index is 14.1. The number of aliphatic hydroxyl groups is 1. The van der Waals surface area contributed by atoms with Crippen molar-refractivity contribution in [3.05, 3.63) is 93.6 Å². The molecule has 0 aliphatic carbocycles. The van der Waals surface area contributed by atoms with Crippen LogP contribution >= 0.6 is 22.9 Å². The SMILES string of the molecule is Cc1csc(-c2cn(C3C(O)[C@H](c4nnc(C)n4-c4cc(Cl)ccc4C(F)(F)F)OC4COC(c5ccccc5)O[C@@H]43)nn2)n1. The number of aromatic nitrogens is 7. The zero-order chi connectivity index (χ0) is 31.5. The molecule has 7 rings (SSSR count). The maximum absolute atomic E-state index is 14.1. The molecule has 234 valence electrons. The van der Waals surface area contributed by atoms with Crippen molar-refractivity contribution in [1.29, 1.82) is 0 Å². The molecule has 0 bridgehead atoms. The van der Waals surface area contributed by atoms with Crippen molar-refractivity contribution in [2.24, 2.45) is 0 Å². The van der Waals surface area contributed by atoms with Gasteiger partial charge in [-0.3, -0.25) is 4.57 Å². The summed E-state index contributed by atoms with van der Waals surface area (Å²) < 4.78 is 63.9. The van der Waals surface area contributed by atoms with Gasteiger partial charge in [-0.2, -0.15) is 13.2 Å². The molecule has 6 atom stereocenters. The zero-order valence-electron chi connectivity index (χ0n) is 23.7. The molecule has 5 heterocycles. The lowest BCUT2D eigenvalue weighted by molar-refractivity contribution is -0.319. The van der Waals surface area contributed by atoms with Crippen LogP contribution in [0.3, 0.4) is 0 Å². The normalized spacial score (nSPS) is 25.3. The molecule has 2 aromatic carbocycles. The van der Waals surface area contributed by atoms with Crippen LogP contribution in [-0.2, 0) is 20.4 Å². The molecule has 1 N–H and O–H groups in total. The highest BCUT2D eigenvalue weighted by atomic mass is 35.5. The molecule has 4 unspecified atom stereocenters. The number of halogens is 4. The second-order valence-corrected chi connectivity index (χ2v) is 12.0. The van der Waals surface area contributed by atoms with E-state index in [0.717, 1.165) is 23.4 Å². The molecule has 3 aromatic heterocycles. The van der Waals surface area contributed by atoms with E-state index in [-0.39, 0.29) is 29.0 Å². The average Bonchev–Trinajstić information content (AvgIpc) is 3.76. The van der Waals surface area contributed by atoms with Gasteiger partial charge < -0.3 is 19.3 Å². The van der Waals surface area contributed by atoms with Crippen molar-refractivity contribution in [3.8, 4) is 16.4 Å². The lowest BCUT2D eigenvalue weighted by Crippen LogP contribution is -2.57. The third-order valence-corrected chi connectivity index (χ3v) is 8.93. The van der Waals surface area contributed by atoms with Crippen molar-refractivity contribution in [1.82, 2.24) is 34.7 Å². The lowest BCUT2D eigenvalue weighted by Gasteiger charge is -2.47. The Hall–Kier alpha value is -3.73. The Morgan fingerprint density at radius 1 is 1.04 bits per heavy atom. The minimum Gasteiger partial charge on any atom is -0.388 e. The molecule has 16 heteroatoms. The first kappa shape index (κ1) is 30.0. The highest BCUT2D eigenvalue weighted by Crippen LogP contribution is 2.45. The largest absolute Gasteiger partial charge is 0.418 e. The van der Waals surface area contributed by atoms with Gasteiger partial charge in [0.05, 0.1) is 24.1 Å². The van der Waals surface area contributed by atoms with Crippen LogP contribution in [0.5, 0.6) is 0 Å². The summed E-state index contributed by atoms with van der Waals surface area (Å²) in [5.41, 5.74) is 0.817. The number of thiazole rings is 1. The van der Waals surface area contributed by atoms with E-state index in [4.69, 9.17) is 25.8 Å². The van der Waals surface area contributed by atoms with Crippen molar-refractivity contribution < 1.29 is 32.5 Å². The zero-order valence-corrected chi connectivity index (χ0v) is 25.2. The van der Waals surface area contributed by atoms with Gasteiger partial charge in [0.15, 0.2) is 12.1 Å². The number of hydrogen-bond donors (Lipinski definition) is 1. The molecular weight excluding hydrogens is 635 g/mol. The molecule has 0 radical (unpaired) electrons. The summed E-state index contributed by atoms with van der Waals surface area (Å²) in [4.78, 5) is 4.48. The Balaban J connectivity index is 1.31. The van der Waals surface area contributed by atoms with E-state index in [9.17, 15) is 18.3 Å². The summed E-state index contributed by atoms with van der Waals surface area (Å²) in [5.74, 6) is 0.0759. The van der Waals surface area contributed by atoms with Crippen molar-refractivity contribution >= 4 is 22.9 Å². The van der Waals surface area contributed by atoms with Crippen LogP contribution in [0.4, 0.5) is 13.2 Å². The summed E-state index contributed by atoms with van der Waals surface area (Å²) in [6.45, 7) is 3.42. The van der Waals surface area contributed by atoms with Crippen LogP contribution in [0.1, 0.15) is 46.9 Å². The number of hydrogen-bond acceptors (Lipinski definition) is 10. The predicted octanol–water partition coefficient (Wildman–Crippen LogP) is 5.43. The van der Waals surface area contributed by atoms with Crippen LogP contribution in [0.15, 0.2) is 60.1 Å². The average molecular weight is 660 g/mol. The van der Waals surface area contributed by atoms with E-state index in [1.807, 2.05) is 42.6 Å². The van der Waals surface area contributed by atoms with Gasteiger partial charge in [0.25, 0.3) is 0 Å². The fraction of sp³-hybridized carbons (Fsp3) is 0.345. The van der Waals surface area contributed by atoms with Crippen LogP contribution < -0.4 is 0 Å². The van der Waals surface area contributed by atoms with Gasteiger partial charge in [-0.15, -0.1) is 26.6 Å². The van der Waals surface area contributed by atoms with Gasteiger partial charge in [0.1, 0.15) is 47.0 Å². The van der Waals surface area contributed by atoms with E-state index in [1.165, 1.54) is 33.6 Å². The highest BCUT2D eigenvalue weighted by Gasteiger charge is 2.53. The smallest absolute Gasteiger partial charge is 0.388 e. The number of benzene rings is 2. The van der Waals surface area contributed by atoms with Gasteiger partial charge in [0.2, 0.25) is 0 Å². The first-order valence-electron chi connectivity index (χ1n) is 13.9. The van der Waals surface area contributed by atoms with E-state index in [0.29, 0.717) is 10.7 Å². The topological polar surface area (TPSA) is 122 Å². The van der Waals surface area contributed by atoms with Crippen molar-refractivity contribution in [3.63, 3.8) is 0 Å². The summed E-state index contributed by atoms with van der Waals surface area (Å²) in [6.07, 6.45) is -8.09. The summed E-state index contributed by atoms with van der Waals surface area (Å²) >= 11 is 7.56. The number of aryl methyl sites for hydroxylation is 2. The standard InChI is InChI=1S/C29H25ClF3N7O4S/c1-14-13-45-27(34-14)19-11-39(38-36-19)22-23(41)25(43-21-12-42-28(44-24(21)22)16-6-4-3-5-7-16)26-37-35-15(2)40(26)20-10-17(30)8-9-18(20)29(31,32)33/h3-11,13,21-25,28,41H,12H2,1-2H3/t21?,22?,23?,24-,25+,28?/m0/s1. The van der Waals surface area contributed by atoms with Gasteiger partial charge >= 0.3 is 6.18 Å². The first-order chi connectivity index (χ1) is 21.6. The van der Waals surface area contributed by atoms with E-state index in [1.54, 1.807) is 6.20 Å². The predicted molar refractivity (Wildman–Crippen MR) is 155 cm³/mol. The molecule has 45 heavy (non-hydrogen) atoms. The van der Waals surface area contributed by atoms with E-state index in [2.05, 4.69) is 25.5 Å². The second kappa shape index (κ2) is 11.6. The number of fused-ring (bicyclic) bond motifs is 1. The molecule has 2 fully saturated rings. The van der Waals surface area contributed by atoms with Gasteiger partial charge in [-0.25, -0.2) is 9.67 Å². The monoisotopic (exact) mass is 659 g/mol. The third kappa shape index (κ3) is 5.53. The van der Waals surface area contributed by atoms with E-state index < -0.39 is 48.5 Å². The van der Waals surface area contributed by atoms with Gasteiger partial charge in [0, 0.05) is 21.7 Å². The first-order valence-corrected chi connectivity index (χ1v) is 15.1. The van der Waals surface area contributed by atoms with Crippen LogP contribution in [0.2, 0.25) is 5.02 Å². The van der Waals surface area contributed by atoms with E-state index >= 15 is 0 Å². The van der Waals surface area contributed by atoms with Crippen molar-refractivity contribution in [2.45, 2.75) is 56.8 Å². The molecule has 11 nitrogen and oxygen atoms in total. The number of rotatable bonds is 5. The fourth-order valence-corrected chi connectivity index (χ4v) is 6.61. The quantitative estimate of drug-likeness (QED) is 0.263. The number of ether oxygens (including phenoxy) is 3. The Morgan fingerprint density at radius 2 is 1.84 bits per heavy atom. The summed E-state index contributed by atoms with van der Waals surface area (Å²) in [6, 6.07) is 11.6. The number of alkyl halides is 3. The van der Waals surface area contributed by atoms with Gasteiger partial charge in [-0.05, 0) is 32.0 Å². The van der Waals surface area contributed by atoms with Crippen LogP contribution in [0, 0.1) is 13.8 Å². The third-order valence-electron chi connectivity index (χ3n) is 7.71. The van der Waals surface area contributed by atoms with Crippen molar-refractivity contribution in [2.75, 3.05) is 6.61 Å². The second-order valence-electron chi connectivity index (χ2n) is 10.7. The Bertz CT molecular complexity index is 1830. The van der Waals surface area contributed by atoms with Gasteiger partial charge in [-0.1, -0.05) is 47.1 Å². The lowest BCUT2D eigenvalue weighted by atomic mass is 9.91. The van der Waals surface area contributed by atoms with Crippen LogP contribution in [-0.4, -0.2) is 64.8 Å². The molecule has 2 aliphatic rings. The molecule has 5 aromatic rings. The van der Waals surface area contributed by atoms with Crippen LogP contribution in [0.25, 0.3) is 16.4 Å². The summed E-state index contributed by atoms with van der Waals surface area (Å²) in [5, 5.41) is 31.5. The molecular formula is C29H25ClF3N7O4S. The Morgan fingerprint density at radius 3 is 2.58 bits per heavy atom.